The fourth-order valence-corrected chi connectivity index (χ4v) is 6.44. The zero-order valence-electron chi connectivity index (χ0n) is 9.97. The summed E-state index contributed by atoms with van der Waals surface area (Å²) >= 11 is 0. The number of carbonyl (C=O) groups excluding carboxylic acids is 1. The van der Waals surface area contributed by atoms with Crippen molar-refractivity contribution in [3.63, 3.8) is 0 Å². The Morgan fingerprint density at radius 2 is 1.64 bits per heavy atom. The van der Waals surface area contributed by atoms with Gasteiger partial charge in [0, 0.05) is 0 Å². The Balaban J connectivity index is 4.78. The molecule has 0 spiro atoms. The van der Waals surface area contributed by atoms with Crippen LogP contribution in [0, 0.1) is 0 Å². The maximum Gasteiger partial charge on any atom is 0.234 e. The van der Waals surface area contributed by atoms with Gasteiger partial charge in [0.05, 0.1) is 13.7 Å². The minimum atomic E-state index is -1.32. The number of rotatable bonds is 7. The zero-order valence-corrected chi connectivity index (χ0v) is 11.0. The fraction of sp³-hybridized carbons (Fsp3) is 0.909. The quantitative estimate of drug-likeness (QED) is 0.361. The molecule has 1 unspecified atom stereocenters. The van der Waals surface area contributed by atoms with Gasteiger partial charge in [-0.15, -0.1) is 0 Å². The van der Waals surface area contributed by atoms with Gasteiger partial charge in [0.15, 0.2) is 0 Å². The van der Waals surface area contributed by atoms with Crippen molar-refractivity contribution in [2.75, 3.05) is 0 Å². The average Bonchev–Trinajstić information content (AvgIpc) is 2.22. The van der Waals surface area contributed by atoms with E-state index in [9.17, 15) is 4.79 Å². The second kappa shape index (κ2) is 6.96. The SMILES string of the molecule is CCCC(N=C=O)[Si](CC)(CC)CC. The first-order valence-corrected chi connectivity index (χ1v) is 8.47. The van der Waals surface area contributed by atoms with Gasteiger partial charge in [-0.3, -0.25) is 0 Å². The van der Waals surface area contributed by atoms with Crippen LogP contribution in [0.5, 0.6) is 0 Å². The molecule has 1 atom stereocenters. The lowest BCUT2D eigenvalue weighted by atomic mass is 10.3. The minimum absolute atomic E-state index is 0.310. The smallest absolute Gasteiger partial charge is 0.211 e. The van der Waals surface area contributed by atoms with Crippen molar-refractivity contribution in [3.8, 4) is 0 Å². The van der Waals surface area contributed by atoms with E-state index in [1.165, 1.54) is 18.1 Å². The molecule has 0 aromatic rings. The molecule has 0 N–H and O–H groups in total. The third kappa shape index (κ3) is 3.07. The van der Waals surface area contributed by atoms with Crippen molar-refractivity contribution in [1.29, 1.82) is 0 Å². The summed E-state index contributed by atoms with van der Waals surface area (Å²) < 4.78 is 0. The summed E-state index contributed by atoms with van der Waals surface area (Å²) in [6.07, 6.45) is 3.95. The van der Waals surface area contributed by atoms with Gasteiger partial charge >= 0.3 is 0 Å². The van der Waals surface area contributed by atoms with Gasteiger partial charge in [-0.1, -0.05) is 52.2 Å². The van der Waals surface area contributed by atoms with Crippen LogP contribution < -0.4 is 0 Å². The highest BCUT2D eigenvalue weighted by atomic mass is 28.3. The number of nitrogens with zero attached hydrogens (tertiary/aromatic N) is 1. The predicted molar refractivity (Wildman–Crippen MR) is 64.0 cm³/mol. The van der Waals surface area contributed by atoms with E-state index >= 15 is 0 Å². The van der Waals surface area contributed by atoms with E-state index in [1.54, 1.807) is 6.08 Å². The van der Waals surface area contributed by atoms with Crippen LogP contribution in [0.3, 0.4) is 0 Å². The number of isocyanates is 1. The molecule has 0 saturated carbocycles. The molecule has 0 bridgehead atoms. The average molecular weight is 213 g/mol. The summed E-state index contributed by atoms with van der Waals surface area (Å²) in [5.41, 5.74) is 0.310. The highest BCUT2D eigenvalue weighted by molar-refractivity contribution is 6.81. The van der Waals surface area contributed by atoms with E-state index in [0.717, 1.165) is 12.8 Å². The molecule has 0 aliphatic rings. The van der Waals surface area contributed by atoms with Crippen LogP contribution in [0.4, 0.5) is 0 Å². The largest absolute Gasteiger partial charge is 0.234 e. The molecular formula is C11H23NOSi. The summed E-state index contributed by atoms with van der Waals surface area (Å²) in [5, 5.41) is 0. The van der Waals surface area contributed by atoms with Gasteiger partial charge in [-0.2, -0.15) is 0 Å². The van der Waals surface area contributed by atoms with Crippen molar-refractivity contribution in [3.05, 3.63) is 0 Å². The van der Waals surface area contributed by atoms with Gasteiger partial charge < -0.3 is 0 Å². The van der Waals surface area contributed by atoms with Gasteiger partial charge in [-0.25, -0.2) is 9.79 Å². The van der Waals surface area contributed by atoms with Crippen LogP contribution in [0.2, 0.25) is 18.1 Å². The molecule has 0 aromatic carbocycles. The topological polar surface area (TPSA) is 29.4 Å². The fourth-order valence-electron chi connectivity index (χ4n) is 2.30. The Morgan fingerprint density at radius 3 is 1.93 bits per heavy atom. The Kier molecular flexibility index (Phi) is 6.76. The van der Waals surface area contributed by atoms with Crippen LogP contribution in [0.25, 0.3) is 0 Å². The zero-order chi connectivity index (χ0) is 11.0. The van der Waals surface area contributed by atoms with Gasteiger partial charge in [0.1, 0.15) is 0 Å². The van der Waals surface area contributed by atoms with E-state index in [4.69, 9.17) is 0 Å². The van der Waals surface area contributed by atoms with E-state index in [0.29, 0.717) is 5.67 Å². The molecule has 82 valence electrons. The second-order valence-electron chi connectivity index (χ2n) is 3.95. The third-order valence-corrected chi connectivity index (χ3v) is 9.65. The highest BCUT2D eigenvalue weighted by Crippen LogP contribution is 2.28. The molecule has 0 aliphatic heterocycles. The molecule has 0 amide bonds. The second-order valence-corrected chi connectivity index (χ2v) is 9.46. The summed E-state index contributed by atoms with van der Waals surface area (Å²) in [7, 11) is -1.32. The molecule has 0 fully saturated rings. The first-order valence-electron chi connectivity index (χ1n) is 5.77. The Morgan fingerprint density at radius 1 is 1.14 bits per heavy atom. The van der Waals surface area contributed by atoms with E-state index in [-0.39, 0.29) is 0 Å². The van der Waals surface area contributed by atoms with Crippen molar-refractivity contribution < 1.29 is 4.79 Å². The number of aliphatic imine (C=N–C) groups is 1. The molecular weight excluding hydrogens is 190 g/mol. The van der Waals surface area contributed by atoms with Gasteiger partial charge in [0.2, 0.25) is 6.08 Å². The Hall–Kier alpha value is -0.403. The van der Waals surface area contributed by atoms with Crippen LogP contribution in [-0.2, 0) is 4.79 Å². The molecule has 0 aromatic heterocycles. The molecule has 0 aliphatic carbocycles. The van der Waals surface area contributed by atoms with Crippen molar-refractivity contribution in [1.82, 2.24) is 0 Å². The number of hydrogen-bond acceptors (Lipinski definition) is 2. The normalized spacial score (nSPS) is 13.4. The molecule has 0 radical (unpaired) electrons. The lowest BCUT2D eigenvalue weighted by Crippen LogP contribution is -2.44. The highest BCUT2D eigenvalue weighted by Gasteiger charge is 2.35. The molecule has 3 heteroatoms. The van der Waals surface area contributed by atoms with E-state index in [1.807, 2.05) is 0 Å². The summed E-state index contributed by atoms with van der Waals surface area (Å²) in [5.74, 6) is 0. The first-order chi connectivity index (χ1) is 6.70. The van der Waals surface area contributed by atoms with Crippen molar-refractivity contribution in [2.24, 2.45) is 4.99 Å². The lowest BCUT2D eigenvalue weighted by Gasteiger charge is -2.33. The van der Waals surface area contributed by atoms with E-state index in [2.05, 4.69) is 32.7 Å². The summed E-state index contributed by atoms with van der Waals surface area (Å²) in [6.45, 7) is 8.92. The van der Waals surface area contributed by atoms with Crippen molar-refractivity contribution >= 4 is 14.2 Å². The monoisotopic (exact) mass is 213 g/mol. The van der Waals surface area contributed by atoms with Gasteiger partial charge in [0.25, 0.3) is 0 Å². The Bertz CT molecular complexity index is 187. The minimum Gasteiger partial charge on any atom is -0.211 e. The first kappa shape index (κ1) is 13.6. The van der Waals surface area contributed by atoms with Crippen molar-refractivity contribution in [2.45, 2.75) is 64.3 Å². The maximum absolute atomic E-state index is 10.4. The number of hydrogen-bond donors (Lipinski definition) is 0. The molecule has 0 heterocycles. The lowest BCUT2D eigenvalue weighted by molar-refractivity contribution is 0.559. The molecule has 0 saturated heterocycles. The molecule has 0 rings (SSSR count). The maximum atomic E-state index is 10.4. The summed E-state index contributed by atoms with van der Waals surface area (Å²) in [6, 6.07) is 3.70. The standard InChI is InChI=1S/C11H23NOSi/c1-5-9-11(12-10-13)14(6-2,7-3)8-4/h11H,5-9H2,1-4H3. The van der Waals surface area contributed by atoms with Crippen LogP contribution >= 0.6 is 0 Å². The Labute approximate surface area is 88.8 Å². The molecule has 2 nitrogen and oxygen atoms in total. The molecule has 14 heavy (non-hydrogen) atoms. The predicted octanol–water partition coefficient (Wildman–Crippen LogP) is 3.54. The third-order valence-electron chi connectivity index (χ3n) is 3.59. The summed E-state index contributed by atoms with van der Waals surface area (Å²) in [4.78, 5) is 14.5. The van der Waals surface area contributed by atoms with Crippen LogP contribution in [0.1, 0.15) is 40.5 Å². The van der Waals surface area contributed by atoms with Gasteiger partial charge in [-0.05, 0) is 6.42 Å². The van der Waals surface area contributed by atoms with E-state index < -0.39 is 8.07 Å². The van der Waals surface area contributed by atoms with Crippen LogP contribution in [0.15, 0.2) is 4.99 Å². The van der Waals surface area contributed by atoms with Crippen LogP contribution in [-0.4, -0.2) is 19.8 Å².